The van der Waals surface area contributed by atoms with E-state index in [2.05, 4.69) is 38.8 Å². The third kappa shape index (κ3) is 4.36. The lowest BCUT2D eigenvalue weighted by Gasteiger charge is -2.38. The zero-order chi connectivity index (χ0) is 22.3. The number of carbonyl (C=O) groups excluding carboxylic acids is 2. The monoisotopic (exact) mass is 433 g/mol. The topological polar surface area (TPSA) is 95.4 Å². The Bertz CT molecular complexity index is 1130. The highest BCUT2D eigenvalue weighted by molar-refractivity contribution is 6.08. The van der Waals surface area contributed by atoms with Crippen LogP contribution in [0.1, 0.15) is 45.1 Å². The number of nitrogens with one attached hydrogen (secondary N) is 2. The number of hydrogen-bond acceptors (Lipinski definition) is 6. The number of aliphatic imine (C=N–C) groups is 2. The van der Waals surface area contributed by atoms with Gasteiger partial charge in [0.25, 0.3) is 0 Å². The summed E-state index contributed by atoms with van der Waals surface area (Å²) in [6.45, 7) is 4.00. The highest BCUT2D eigenvalue weighted by Crippen LogP contribution is 2.31. The third-order valence-electron chi connectivity index (χ3n) is 5.88. The average molecular weight is 434 g/mol. The first-order valence-corrected chi connectivity index (χ1v) is 11.1. The molecule has 2 aliphatic carbocycles. The van der Waals surface area contributed by atoms with Gasteiger partial charge in [0.2, 0.25) is 23.7 Å². The maximum absolute atomic E-state index is 12.5. The second-order valence-electron chi connectivity index (χ2n) is 9.10. The molecule has 0 radical (unpaired) electrons. The van der Waals surface area contributed by atoms with Gasteiger partial charge in [0.15, 0.2) is 5.66 Å². The van der Waals surface area contributed by atoms with E-state index in [-0.39, 0.29) is 42.2 Å². The molecule has 2 amide bonds. The van der Waals surface area contributed by atoms with E-state index >= 15 is 0 Å². The van der Waals surface area contributed by atoms with Crippen molar-refractivity contribution in [2.24, 2.45) is 21.8 Å². The number of hydrogen-bond donors (Lipinski definition) is 2. The minimum absolute atomic E-state index is 0.00380. The quantitative estimate of drug-likeness (QED) is 0.758. The number of hydroxylamine groups is 2. The van der Waals surface area contributed by atoms with Gasteiger partial charge in [0, 0.05) is 11.8 Å². The highest BCUT2D eigenvalue weighted by atomic mass is 16.7. The molecular weight excluding hydrogens is 406 g/mol. The second-order valence-corrected chi connectivity index (χ2v) is 9.10. The Kier molecular flexibility index (Phi) is 5.17. The number of rotatable bonds is 5. The second kappa shape index (κ2) is 8.02. The standard InChI is InChI=1S/C24H27N5O3/c1-24(2)28-22(25-20(30)16-10-11-16)27-23(26-21(31)17-12-13-17)29(24)32-14-18-8-5-7-15-6-3-4-9-19(15)18/h3-9,16-17H,10-14H2,1-2H3,(H2,25,26,27,28,30,31). The maximum atomic E-state index is 12.5. The molecule has 2 aromatic rings. The van der Waals surface area contributed by atoms with Gasteiger partial charge in [-0.1, -0.05) is 42.5 Å². The minimum Gasteiger partial charge on any atom is -0.294 e. The van der Waals surface area contributed by atoms with E-state index in [1.807, 2.05) is 38.1 Å². The van der Waals surface area contributed by atoms with Crippen molar-refractivity contribution < 1.29 is 14.4 Å². The van der Waals surface area contributed by atoms with Crippen LogP contribution in [0, 0.1) is 11.8 Å². The van der Waals surface area contributed by atoms with Crippen molar-refractivity contribution in [2.75, 3.05) is 0 Å². The molecule has 2 fully saturated rings. The summed E-state index contributed by atoms with van der Waals surface area (Å²) >= 11 is 0. The molecule has 1 heterocycles. The zero-order valence-electron chi connectivity index (χ0n) is 18.3. The smallest absolute Gasteiger partial charge is 0.235 e. The molecule has 0 bridgehead atoms. The largest absolute Gasteiger partial charge is 0.294 e. The van der Waals surface area contributed by atoms with Gasteiger partial charge < -0.3 is 0 Å². The summed E-state index contributed by atoms with van der Waals surface area (Å²) in [5.74, 6) is 0.302. The molecule has 2 N–H and O–H groups in total. The molecule has 5 rings (SSSR count). The van der Waals surface area contributed by atoms with Crippen LogP contribution < -0.4 is 10.6 Å². The van der Waals surface area contributed by atoms with Gasteiger partial charge in [-0.25, -0.2) is 4.99 Å². The van der Waals surface area contributed by atoms with Crippen LogP contribution in [0.5, 0.6) is 0 Å². The fraction of sp³-hybridized carbons (Fsp3) is 0.417. The van der Waals surface area contributed by atoms with E-state index in [0.29, 0.717) is 0 Å². The molecule has 166 valence electrons. The SMILES string of the molecule is CC1(C)N=C(NC(=O)C2CC2)N=C(NC(=O)C2CC2)N1OCc1cccc2ccccc12. The van der Waals surface area contributed by atoms with Crippen LogP contribution in [0.2, 0.25) is 0 Å². The first-order valence-electron chi connectivity index (χ1n) is 11.1. The van der Waals surface area contributed by atoms with Gasteiger partial charge >= 0.3 is 0 Å². The molecule has 0 saturated heterocycles. The number of amides is 2. The molecule has 8 heteroatoms. The van der Waals surface area contributed by atoms with Gasteiger partial charge in [-0.05, 0) is 55.9 Å². The van der Waals surface area contributed by atoms with Crippen LogP contribution in [-0.4, -0.2) is 34.5 Å². The Labute approximate surface area is 186 Å². The number of fused-ring (bicyclic) bond motifs is 1. The van der Waals surface area contributed by atoms with Crippen LogP contribution in [-0.2, 0) is 21.0 Å². The Morgan fingerprint density at radius 3 is 2.38 bits per heavy atom. The Balaban J connectivity index is 1.39. The molecule has 2 saturated carbocycles. The van der Waals surface area contributed by atoms with Gasteiger partial charge in [-0.3, -0.25) is 25.1 Å². The van der Waals surface area contributed by atoms with Crippen molar-refractivity contribution in [3.05, 3.63) is 48.0 Å². The van der Waals surface area contributed by atoms with Crippen LogP contribution in [0.3, 0.4) is 0 Å². The lowest BCUT2D eigenvalue weighted by Crippen LogP contribution is -2.57. The fourth-order valence-electron chi connectivity index (χ4n) is 3.76. The first kappa shape index (κ1) is 20.6. The minimum atomic E-state index is -0.884. The molecule has 0 atom stereocenters. The zero-order valence-corrected chi connectivity index (χ0v) is 18.3. The van der Waals surface area contributed by atoms with Gasteiger partial charge in [-0.2, -0.15) is 10.1 Å². The molecule has 3 aliphatic rings. The third-order valence-corrected chi connectivity index (χ3v) is 5.88. The lowest BCUT2D eigenvalue weighted by molar-refractivity contribution is -0.169. The Morgan fingerprint density at radius 1 is 1.00 bits per heavy atom. The number of nitrogens with zero attached hydrogens (tertiary/aromatic N) is 3. The number of benzene rings is 2. The summed E-state index contributed by atoms with van der Waals surface area (Å²) in [6, 6.07) is 14.2. The molecule has 8 nitrogen and oxygen atoms in total. The van der Waals surface area contributed by atoms with Crippen molar-refractivity contribution in [3.63, 3.8) is 0 Å². The van der Waals surface area contributed by atoms with E-state index in [0.717, 1.165) is 42.0 Å². The van der Waals surface area contributed by atoms with E-state index < -0.39 is 5.66 Å². The molecular formula is C24H27N5O3. The Hall–Kier alpha value is -3.26. The van der Waals surface area contributed by atoms with Crippen molar-refractivity contribution in [1.82, 2.24) is 15.7 Å². The predicted octanol–water partition coefficient (Wildman–Crippen LogP) is 3.09. The van der Waals surface area contributed by atoms with Gasteiger partial charge in [0.05, 0.1) is 0 Å². The van der Waals surface area contributed by atoms with E-state index in [4.69, 9.17) is 4.84 Å². The van der Waals surface area contributed by atoms with Gasteiger partial charge in [-0.15, -0.1) is 0 Å². The van der Waals surface area contributed by atoms with Crippen LogP contribution in [0.25, 0.3) is 10.8 Å². The van der Waals surface area contributed by atoms with Crippen molar-refractivity contribution >= 4 is 34.5 Å². The van der Waals surface area contributed by atoms with E-state index in [9.17, 15) is 9.59 Å². The molecule has 32 heavy (non-hydrogen) atoms. The number of guanidine groups is 2. The summed E-state index contributed by atoms with van der Waals surface area (Å²) in [5.41, 5.74) is 0.133. The number of carbonyl (C=O) groups is 2. The van der Waals surface area contributed by atoms with Crippen LogP contribution >= 0.6 is 0 Å². The average Bonchev–Trinajstić information content (AvgIpc) is 3.64. The fourth-order valence-corrected chi connectivity index (χ4v) is 3.76. The van der Waals surface area contributed by atoms with Crippen molar-refractivity contribution in [1.29, 1.82) is 0 Å². The summed E-state index contributed by atoms with van der Waals surface area (Å²) in [5, 5.41) is 9.44. The van der Waals surface area contributed by atoms with E-state index in [1.165, 1.54) is 5.06 Å². The molecule has 0 aromatic heterocycles. The van der Waals surface area contributed by atoms with Crippen molar-refractivity contribution in [3.8, 4) is 0 Å². The summed E-state index contributed by atoms with van der Waals surface area (Å²) in [7, 11) is 0. The first-order chi connectivity index (χ1) is 15.4. The lowest BCUT2D eigenvalue weighted by atomic mass is 10.1. The normalized spacial score (nSPS) is 19.9. The summed E-state index contributed by atoms with van der Waals surface area (Å²) in [6.07, 6.45) is 3.52. The van der Waals surface area contributed by atoms with E-state index in [1.54, 1.807) is 0 Å². The van der Waals surface area contributed by atoms with Crippen LogP contribution in [0.4, 0.5) is 0 Å². The Morgan fingerprint density at radius 2 is 1.66 bits per heavy atom. The molecule has 0 spiro atoms. The molecule has 1 aliphatic heterocycles. The highest BCUT2D eigenvalue weighted by Gasteiger charge is 2.39. The predicted molar refractivity (Wildman–Crippen MR) is 121 cm³/mol. The van der Waals surface area contributed by atoms with Gasteiger partial charge in [0.1, 0.15) is 6.61 Å². The van der Waals surface area contributed by atoms with Crippen molar-refractivity contribution in [2.45, 2.75) is 51.8 Å². The van der Waals surface area contributed by atoms with Crippen LogP contribution in [0.15, 0.2) is 52.4 Å². The summed E-state index contributed by atoms with van der Waals surface area (Å²) < 4.78 is 0. The molecule has 2 aromatic carbocycles. The maximum Gasteiger partial charge on any atom is 0.235 e. The summed E-state index contributed by atoms with van der Waals surface area (Å²) in [4.78, 5) is 40.0. The molecule has 0 unspecified atom stereocenters.